The summed E-state index contributed by atoms with van der Waals surface area (Å²) >= 11 is 0. The minimum atomic E-state index is 0. The van der Waals surface area contributed by atoms with Gasteiger partial charge in [-0.05, 0) is 43.4 Å². The Kier molecular flexibility index (Phi) is 8.59. The molecule has 1 aromatic carbocycles. The Hall–Kier alpha value is -2.04. The fraction of sp³-hybridized carbons (Fsp3) is 0.571. The maximum Gasteiger partial charge on any atom is 0.231 e. The number of hydrogen-bond acceptors (Lipinski definition) is 5. The summed E-state index contributed by atoms with van der Waals surface area (Å²) in [6, 6.07) is 6.09. The van der Waals surface area contributed by atoms with Crippen molar-refractivity contribution in [1.29, 1.82) is 0 Å². The van der Waals surface area contributed by atoms with Crippen LogP contribution in [0.15, 0.2) is 23.2 Å². The van der Waals surface area contributed by atoms with Crippen LogP contribution in [0, 0.1) is 0 Å². The fourth-order valence-corrected chi connectivity index (χ4v) is 3.83. The quantitative estimate of drug-likeness (QED) is 0.250. The first-order valence-electron chi connectivity index (χ1n) is 10.6. The van der Waals surface area contributed by atoms with E-state index in [0.717, 1.165) is 74.4 Å². The van der Waals surface area contributed by atoms with E-state index in [2.05, 4.69) is 36.5 Å². The Morgan fingerprint density at radius 3 is 2.83 bits per heavy atom. The van der Waals surface area contributed by atoms with Gasteiger partial charge in [-0.2, -0.15) is 0 Å². The van der Waals surface area contributed by atoms with E-state index >= 15 is 0 Å². The van der Waals surface area contributed by atoms with Gasteiger partial charge in [-0.15, -0.1) is 34.2 Å². The molecule has 164 valence electrons. The summed E-state index contributed by atoms with van der Waals surface area (Å²) in [5, 5.41) is 15.5. The van der Waals surface area contributed by atoms with Crippen LogP contribution in [0.1, 0.15) is 42.9 Å². The van der Waals surface area contributed by atoms with Gasteiger partial charge in [0.2, 0.25) is 6.79 Å². The van der Waals surface area contributed by atoms with Crippen molar-refractivity contribution in [2.45, 2.75) is 51.5 Å². The highest BCUT2D eigenvalue weighted by atomic mass is 127. The first kappa shape index (κ1) is 22.6. The molecule has 2 aliphatic rings. The normalized spacial score (nSPS) is 15.2. The number of aromatic nitrogens is 3. The summed E-state index contributed by atoms with van der Waals surface area (Å²) in [5.74, 6) is 4.76. The monoisotopic (exact) mass is 526 g/mol. The number of halogens is 1. The topological polar surface area (TPSA) is 85.6 Å². The minimum absolute atomic E-state index is 0. The number of rotatable bonds is 7. The zero-order chi connectivity index (χ0) is 19.9. The molecule has 2 aromatic rings. The predicted molar refractivity (Wildman–Crippen MR) is 127 cm³/mol. The van der Waals surface area contributed by atoms with Gasteiger partial charge in [-0.25, -0.2) is 0 Å². The van der Waals surface area contributed by atoms with Crippen molar-refractivity contribution in [2.75, 3.05) is 26.9 Å². The lowest BCUT2D eigenvalue weighted by Gasteiger charge is -2.12. The molecule has 0 atom stereocenters. The van der Waals surface area contributed by atoms with Crippen LogP contribution in [0.4, 0.5) is 0 Å². The van der Waals surface area contributed by atoms with Crippen LogP contribution in [-0.2, 0) is 25.8 Å². The van der Waals surface area contributed by atoms with Crippen molar-refractivity contribution in [3.05, 3.63) is 35.4 Å². The third-order valence-electron chi connectivity index (χ3n) is 5.42. The van der Waals surface area contributed by atoms with E-state index in [9.17, 15) is 0 Å². The lowest BCUT2D eigenvalue weighted by atomic mass is 10.1. The molecular weight excluding hydrogens is 495 g/mol. The van der Waals surface area contributed by atoms with Crippen LogP contribution in [0.25, 0.3) is 0 Å². The van der Waals surface area contributed by atoms with Crippen molar-refractivity contribution >= 4 is 29.9 Å². The summed E-state index contributed by atoms with van der Waals surface area (Å²) in [5.41, 5.74) is 1.21. The van der Waals surface area contributed by atoms with Crippen molar-refractivity contribution in [3.8, 4) is 11.5 Å². The molecule has 0 amide bonds. The molecule has 8 nitrogen and oxygen atoms in total. The van der Waals surface area contributed by atoms with Crippen LogP contribution < -0.4 is 20.1 Å². The molecule has 0 spiro atoms. The second-order valence-electron chi connectivity index (χ2n) is 7.46. The lowest BCUT2D eigenvalue weighted by Crippen LogP contribution is -2.38. The van der Waals surface area contributed by atoms with Crippen LogP contribution in [0.5, 0.6) is 11.5 Å². The highest BCUT2D eigenvalue weighted by Gasteiger charge is 2.14. The highest BCUT2D eigenvalue weighted by molar-refractivity contribution is 14.0. The number of aliphatic imine (C=N–C) groups is 1. The largest absolute Gasteiger partial charge is 0.454 e. The Morgan fingerprint density at radius 2 is 1.93 bits per heavy atom. The number of ether oxygens (including phenoxy) is 2. The molecule has 9 heteroatoms. The second-order valence-corrected chi connectivity index (χ2v) is 7.46. The number of aryl methyl sites for hydroxylation is 2. The average Bonchev–Trinajstić information content (AvgIpc) is 3.29. The molecular formula is C21H31IN6O2. The third kappa shape index (κ3) is 5.77. The molecule has 0 saturated carbocycles. The highest BCUT2D eigenvalue weighted by Crippen LogP contribution is 2.32. The van der Waals surface area contributed by atoms with Gasteiger partial charge in [0.15, 0.2) is 17.5 Å². The standard InChI is InChI=1S/C21H30N6O2.HI/c1-22-21(24-12-10-16-8-9-17-18(14-16)29-15-28-17)23-11-5-7-20-26-25-19-6-3-2-4-13-27(19)20;/h8-9,14H,2-7,10-13,15H2,1H3,(H2,22,23,24);1H. The van der Waals surface area contributed by atoms with Crippen LogP contribution in [-0.4, -0.2) is 47.7 Å². The van der Waals surface area contributed by atoms with Gasteiger partial charge >= 0.3 is 0 Å². The smallest absolute Gasteiger partial charge is 0.231 e. The van der Waals surface area contributed by atoms with Crippen LogP contribution in [0.2, 0.25) is 0 Å². The molecule has 0 fully saturated rings. The van der Waals surface area contributed by atoms with Gasteiger partial charge in [-0.3, -0.25) is 4.99 Å². The number of nitrogens with zero attached hydrogens (tertiary/aromatic N) is 4. The van der Waals surface area contributed by atoms with E-state index in [-0.39, 0.29) is 24.0 Å². The molecule has 4 rings (SSSR count). The van der Waals surface area contributed by atoms with E-state index in [0.29, 0.717) is 6.79 Å². The number of guanidine groups is 1. The van der Waals surface area contributed by atoms with Crippen molar-refractivity contribution < 1.29 is 9.47 Å². The van der Waals surface area contributed by atoms with Gasteiger partial charge in [0.05, 0.1) is 0 Å². The Balaban J connectivity index is 0.00000256. The number of benzene rings is 1. The van der Waals surface area contributed by atoms with Crippen LogP contribution >= 0.6 is 24.0 Å². The van der Waals surface area contributed by atoms with E-state index in [4.69, 9.17) is 9.47 Å². The van der Waals surface area contributed by atoms with Crippen molar-refractivity contribution in [2.24, 2.45) is 4.99 Å². The molecule has 0 radical (unpaired) electrons. The number of hydrogen-bond donors (Lipinski definition) is 2. The Morgan fingerprint density at radius 1 is 1.07 bits per heavy atom. The van der Waals surface area contributed by atoms with Gasteiger partial charge in [0.1, 0.15) is 11.6 Å². The maximum absolute atomic E-state index is 5.44. The molecule has 3 heterocycles. The SMILES string of the molecule is CN=C(NCCCc1nnc2n1CCCCC2)NCCc1ccc2c(c1)OCO2.I. The van der Waals surface area contributed by atoms with Crippen molar-refractivity contribution in [1.82, 2.24) is 25.4 Å². The zero-order valence-electron chi connectivity index (χ0n) is 17.5. The first-order valence-corrected chi connectivity index (χ1v) is 10.6. The molecule has 2 N–H and O–H groups in total. The summed E-state index contributed by atoms with van der Waals surface area (Å²) in [6.45, 7) is 3.03. The van der Waals surface area contributed by atoms with E-state index < -0.39 is 0 Å². The van der Waals surface area contributed by atoms with Crippen LogP contribution in [0.3, 0.4) is 0 Å². The molecule has 1 aromatic heterocycles. The average molecular weight is 526 g/mol. The molecule has 30 heavy (non-hydrogen) atoms. The van der Waals surface area contributed by atoms with Gasteiger partial charge in [-0.1, -0.05) is 12.5 Å². The molecule has 0 unspecified atom stereocenters. The van der Waals surface area contributed by atoms with Crippen molar-refractivity contribution in [3.63, 3.8) is 0 Å². The van der Waals surface area contributed by atoms with Gasteiger partial charge in [0, 0.05) is 39.5 Å². The summed E-state index contributed by atoms with van der Waals surface area (Å²) in [6.07, 6.45) is 7.65. The molecule has 2 aliphatic heterocycles. The lowest BCUT2D eigenvalue weighted by molar-refractivity contribution is 0.174. The summed E-state index contributed by atoms with van der Waals surface area (Å²) < 4.78 is 13.1. The second kappa shape index (κ2) is 11.4. The van der Waals surface area contributed by atoms with E-state index in [1.165, 1.54) is 24.8 Å². The molecule has 0 aliphatic carbocycles. The molecule has 0 saturated heterocycles. The van der Waals surface area contributed by atoms with E-state index in [1.54, 1.807) is 7.05 Å². The number of fused-ring (bicyclic) bond motifs is 2. The fourth-order valence-electron chi connectivity index (χ4n) is 3.83. The third-order valence-corrected chi connectivity index (χ3v) is 5.42. The van der Waals surface area contributed by atoms with E-state index in [1.807, 2.05) is 12.1 Å². The first-order chi connectivity index (χ1) is 14.3. The molecule has 0 bridgehead atoms. The predicted octanol–water partition coefficient (Wildman–Crippen LogP) is 2.69. The Bertz CT molecular complexity index is 854. The number of nitrogens with one attached hydrogen (secondary N) is 2. The van der Waals surface area contributed by atoms with Gasteiger partial charge < -0.3 is 24.7 Å². The maximum atomic E-state index is 5.44. The Labute approximate surface area is 194 Å². The zero-order valence-corrected chi connectivity index (χ0v) is 19.9. The minimum Gasteiger partial charge on any atom is -0.454 e. The summed E-state index contributed by atoms with van der Waals surface area (Å²) in [7, 11) is 1.80. The summed E-state index contributed by atoms with van der Waals surface area (Å²) in [4.78, 5) is 4.31. The van der Waals surface area contributed by atoms with Gasteiger partial charge in [0.25, 0.3) is 0 Å².